The Bertz CT molecular complexity index is 652. The van der Waals surface area contributed by atoms with E-state index in [4.69, 9.17) is 4.74 Å². The number of allylic oxidation sites excluding steroid dienone is 1. The van der Waals surface area contributed by atoms with E-state index in [-0.39, 0.29) is 0 Å². The predicted octanol–water partition coefficient (Wildman–Crippen LogP) is 4.99. The highest BCUT2D eigenvalue weighted by molar-refractivity contribution is 5.44. The molecule has 2 aromatic rings. The number of rotatable bonds is 5. The Hall–Kier alpha value is -2.46. The molecule has 0 radical (unpaired) electrons. The van der Waals surface area contributed by atoms with Crippen LogP contribution in [0.2, 0.25) is 0 Å². The van der Waals surface area contributed by atoms with Crippen LogP contribution in [0.3, 0.4) is 0 Å². The van der Waals surface area contributed by atoms with Crippen molar-refractivity contribution in [3.63, 3.8) is 0 Å². The third-order valence-corrected chi connectivity index (χ3v) is 3.28. The fraction of sp³-hybridized carbons (Fsp3) is 0.238. The smallest absolute Gasteiger partial charge is 0.119 e. The quantitative estimate of drug-likeness (QED) is 0.556. The van der Waals surface area contributed by atoms with Gasteiger partial charge in [-0.1, -0.05) is 49.5 Å². The van der Waals surface area contributed by atoms with Gasteiger partial charge < -0.3 is 4.74 Å². The molecule has 2 rings (SSSR count). The van der Waals surface area contributed by atoms with Crippen molar-refractivity contribution >= 4 is 0 Å². The largest absolute Gasteiger partial charge is 0.490 e. The van der Waals surface area contributed by atoms with Gasteiger partial charge in [0.15, 0.2) is 0 Å². The second-order valence-electron chi connectivity index (χ2n) is 5.10. The molecule has 0 heterocycles. The average molecular weight is 290 g/mol. The van der Waals surface area contributed by atoms with Gasteiger partial charge in [0.05, 0.1) is 0 Å². The summed E-state index contributed by atoms with van der Waals surface area (Å²) in [5.41, 5.74) is 3.42. The summed E-state index contributed by atoms with van der Waals surface area (Å²) >= 11 is 0. The lowest BCUT2D eigenvalue weighted by molar-refractivity contribution is 0.362. The second-order valence-corrected chi connectivity index (χ2v) is 5.10. The Balaban J connectivity index is 1.98. The topological polar surface area (TPSA) is 9.23 Å². The fourth-order valence-corrected chi connectivity index (χ4v) is 2.06. The van der Waals surface area contributed by atoms with E-state index >= 15 is 0 Å². The molecule has 1 heteroatoms. The SMILES string of the molecule is CC=CCOc1ccc(C#Cc2ccc(CCC)cc2)cc1. The van der Waals surface area contributed by atoms with Crippen molar-refractivity contribution in [3.8, 4) is 17.6 Å². The van der Waals surface area contributed by atoms with Crippen LogP contribution in [-0.2, 0) is 6.42 Å². The molecule has 2 aromatic carbocycles. The van der Waals surface area contributed by atoms with Crippen LogP contribution in [0.4, 0.5) is 0 Å². The number of ether oxygens (including phenoxy) is 1. The molecule has 0 unspecified atom stereocenters. The lowest BCUT2D eigenvalue weighted by Gasteiger charge is -2.02. The van der Waals surface area contributed by atoms with Gasteiger partial charge in [-0.3, -0.25) is 0 Å². The van der Waals surface area contributed by atoms with Crippen LogP contribution in [0, 0.1) is 11.8 Å². The van der Waals surface area contributed by atoms with Crippen molar-refractivity contribution in [3.05, 3.63) is 77.4 Å². The van der Waals surface area contributed by atoms with Crippen molar-refractivity contribution < 1.29 is 4.74 Å². The molecule has 0 spiro atoms. The zero-order chi connectivity index (χ0) is 15.6. The van der Waals surface area contributed by atoms with E-state index < -0.39 is 0 Å². The second kappa shape index (κ2) is 8.74. The predicted molar refractivity (Wildman–Crippen MR) is 93.2 cm³/mol. The summed E-state index contributed by atoms with van der Waals surface area (Å²) in [4.78, 5) is 0. The van der Waals surface area contributed by atoms with Crippen LogP contribution >= 0.6 is 0 Å². The van der Waals surface area contributed by atoms with Crippen molar-refractivity contribution in [1.82, 2.24) is 0 Å². The minimum Gasteiger partial charge on any atom is -0.490 e. The molecule has 0 aliphatic carbocycles. The first-order valence-corrected chi connectivity index (χ1v) is 7.77. The van der Waals surface area contributed by atoms with E-state index in [9.17, 15) is 0 Å². The van der Waals surface area contributed by atoms with Crippen molar-refractivity contribution in [2.75, 3.05) is 6.61 Å². The molecule has 0 aliphatic heterocycles. The average Bonchev–Trinajstić information content (AvgIpc) is 2.56. The molecule has 1 nitrogen and oxygen atoms in total. The number of aryl methyl sites for hydroxylation is 1. The number of hydrogen-bond donors (Lipinski definition) is 0. The minimum atomic E-state index is 0.603. The monoisotopic (exact) mass is 290 g/mol. The third kappa shape index (κ3) is 5.14. The molecule has 0 saturated heterocycles. The van der Waals surface area contributed by atoms with Crippen LogP contribution < -0.4 is 4.74 Å². The zero-order valence-electron chi connectivity index (χ0n) is 13.3. The van der Waals surface area contributed by atoms with Crippen molar-refractivity contribution in [2.24, 2.45) is 0 Å². The van der Waals surface area contributed by atoms with Crippen LogP contribution in [0.15, 0.2) is 60.7 Å². The van der Waals surface area contributed by atoms with Gasteiger partial charge in [-0.25, -0.2) is 0 Å². The lowest BCUT2D eigenvalue weighted by Crippen LogP contribution is -1.92. The summed E-state index contributed by atoms with van der Waals surface area (Å²) in [6, 6.07) is 16.4. The lowest BCUT2D eigenvalue weighted by atomic mass is 10.1. The molecular formula is C21H22O. The highest BCUT2D eigenvalue weighted by Crippen LogP contribution is 2.12. The Labute approximate surface area is 133 Å². The van der Waals surface area contributed by atoms with Crippen LogP contribution in [0.1, 0.15) is 37.0 Å². The Kier molecular flexibility index (Phi) is 6.33. The first-order chi connectivity index (χ1) is 10.8. The summed E-state index contributed by atoms with van der Waals surface area (Å²) in [5, 5.41) is 0. The first kappa shape index (κ1) is 15.9. The van der Waals surface area contributed by atoms with Gasteiger partial charge in [0.1, 0.15) is 12.4 Å². The van der Waals surface area contributed by atoms with E-state index in [0.717, 1.165) is 23.3 Å². The molecule has 0 fully saturated rings. The van der Waals surface area contributed by atoms with Gasteiger partial charge >= 0.3 is 0 Å². The molecule has 0 amide bonds. The van der Waals surface area contributed by atoms with Gasteiger partial charge in [0.25, 0.3) is 0 Å². The number of benzene rings is 2. The van der Waals surface area contributed by atoms with Gasteiger partial charge in [0.2, 0.25) is 0 Å². The normalized spacial score (nSPS) is 10.3. The maximum atomic E-state index is 5.57. The molecule has 112 valence electrons. The molecule has 0 aliphatic rings. The van der Waals surface area contributed by atoms with Crippen LogP contribution in [-0.4, -0.2) is 6.61 Å². The molecular weight excluding hydrogens is 268 g/mol. The van der Waals surface area contributed by atoms with Gasteiger partial charge in [0, 0.05) is 11.1 Å². The Morgan fingerprint density at radius 1 is 0.909 bits per heavy atom. The third-order valence-electron chi connectivity index (χ3n) is 3.28. The summed E-state index contributed by atoms with van der Waals surface area (Å²) in [6.07, 6.45) is 6.26. The van der Waals surface area contributed by atoms with Gasteiger partial charge in [-0.2, -0.15) is 0 Å². The summed E-state index contributed by atoms with van der Waals surface area (Å²) in [7, 11) is 0. The highest BCUT2D eigenvalue weighted by atomic mass is 16.5. The molecule has 0 atom stereocenters. The number of hydrogen-bond acceptors (Lipinski definition) is 1. The zero-order valence-corrected chi connectivity index (χ0v) is 13.3. The maximum absolute atomic E-state index is 5.57. The maximum Gasteiger partial charge on any atom is 0.119 e. The van der Waals surface area contributed by atoms with Gasteiger partial charge in [-0.15, -0.1) is 0 Å². The molecule has 0 bridgehead atoms. The van der Waals surface area contributed by atoms with E-state index in [2.05, 4.69) is 43.0 Å². The molecule has 0 saturated carbocycles. The molecule has 22 heavy (non-hydrogen) atoms. The first-order valence-electron chi connectivity index (χ1n) is 7.77. The Morgan fingerprint density at radius 2 is 1.50 bits per heavy atom. The van der Waals surface area contributed by atoms with E-state index in [1.54, 1.807) is 0 Å². The fourth-order valence-electron chi connectivity index (χ4n) is 2.06. The van der Waals surface area contributed by atoms with E-state index in [1.807, 2.05) is 43.3 Å². The molecule has 0 aromatic heterocycles. The van der Waals surface area contributed by atoms with Crippen molar-refractivity contribution in [1.29, 1.82) is 0 Å². The van der Waals surface area contributed by atoms with E-state index in [0.29, 0.717) is 6.61 Å². The summed E-state index contributed by atoms with van der Waals surface area (Å²) < 4.78 is 5.57. The standard InChI is InChI=1S/C21H22O/c1-3-5-17-22-21-15-13-20(14-16-21)12-11-19-9-7-18(6-4-2)8-10-19/h3,5,7-10,13-16H,4,6,17H2,1-2H3. The summed E-state index contributed by atoms with van der Waals surface area (Å²) in [6.45, 7) is 4.78. The Morgan fingerprint density at radius 3 is 2.05 bits per heavy atom. The van der Waals surface area contributed by atoms with E-state index in [1.165, 1.54) is 12.0 Å². The van der Waals surface area contributed by atoms with Crippen LogP contribution in [0.5, 0.6) is 5.75 Å². The molecule has 0 N–H and O–H groups in total. The van der Waals surface area contributed by atoms with Gasteiger partial charge in [-0.05, 0) is 55.3 Å². The van der Waals surface area contributed by atoms with Crippen molar-refractivity contribution in [2.45, 2.75) is 26.7 Å². The highest BCUT2D eigenvalue weighted by Gasteiger charge is 1.93. The summed E-state index contributed by atoms with van der Waals surface area (Å²) in [5.74, 6) is 7.26. The van der Waals surface area contributed by atoms with Crippen LogP contribution in [0.25, 0.3) is 0 Å². The minimum absolute atomic E-state index is 0.603.